The molecule has 0 saturated heterocycles. The Hall–Kier alpha value is -2.45. The minimum absolute atomic E-state index is 0. The third-order valence-electron chi connectivity index (χ3n) is 3.09. The lowest BCUT2D eigenvalue weighted by molar-refractivity contribution is -0.385. The Morgan fingerprint density at radius 3 is 2.70 bits per heavy atom. The Kier molecular flexibility index (Phi) is 4.39. The third-order valence-corrected chi connectivity index (χ3v) is 5.09. The number of halogens is 1. The molecule has 3 rings (SSSR count). The van der Waals surface area contributed by atoms with Crippen LogP contribution in [0.25, 0.3) is 11.0 Å². The average molecular weight is 354 g/mol. The van der Waals surface area contributed by atoms with Crippen LogP contribution >= 0.6 is 11.6 Å². The van der Waals surface area contributed by atoms with Crippen molar-refractivity contribution in [3.05, 3.63) is 57.9 Å². The number of hydrogen-bond donors (Lipinski definition) is 1. The number of aromatic amines is 1. The molecular formula is C14H12ClN3O4S. The van der Waals surface area contributed by atoms with Crippen LogP contribution in [0.15, 0.2) is 52.5 Å². The molecule has 0 saturated carbocycles. The molecule has 0 amide bonds. The molecule has 1 aromatic carbocycles. The van der Waals surface area contributed by atoms with Crippen molar-refractivity contribution in [2.24, 2.45) is 0 Å². The number of rotatable bonds is 3. The predicted molar refractivity (Wildman–Crippen MR) is 86.4 cm³/mol. The second-order valence-electron chi connectivity index (χ2n) is 4.46. The second-order valence-corrected chi connectivity index (χ2v) is 6.82. The van der Waals surface area contributed by atoms with Gasteiger partial charge >= 0.3 is 0 Å². The highest BCUT2D eigenvalue weighted by Crippen LogP contribution is 2.30. The van der Waals surface area contributed by atoms with Gasteiger partial charge in [0.1, 0.15) is 5.65 Å². The lowest BCUT2D eigenvalue weighted by atomic mass is 10.3. The Bertz CT molecular complexity index is 998. The molecular weight excluding hydrogens is 342 g/mol. The van der Waals surface area contributed by atoms with E-state index in [1.54, 1.807) is 0 Å². The van der Waals surface area contributed by atoms with Crippen molar-refractivity contribution < 1.29 is 13.3 Å². The average Bonchev–Trinajstić information content (AvgIpc) is 2.91. The van der Waals surface area contributed by atoms with Crippen molar-refractivity contribution in [3.63, 3.8) is 0 Å². The van der Waals surface area contributed by atoms with Gasteiger partial charge in [-0.05, 0) is 12.1 Å². The number of non-ortho nitro benzene ring substituents is 1. The van der Waals surface area contributed by atoms with Crippen LogP contribution in [0.1, 0.15) is 7.43 Å². The number of nitrogens with one attached hydrogen (secondary N) is 1. The first-order chi connectivity index (χ1) is 10.4. The molecule has 0 spiro atoms. The normalized spacial score (nSPS) is 11.2. The van der Waals surface area contributed by atoms with Gasteiger partial charge in [-0.15, -0.1) is 0 Å². The van der Waals surface area contributed by atoms with Crippen LogP contribution in [0.2, 0.25) is 5.02 Å². The molecule has 0 fully saturated rings. The monoisotopic (exact) mass is 353 g/mol. The van der Waals surface area contributed by atoms with Crippen LogP contribution in [-0.4, -0.2) is 23.3 Å². The van der Waals surface area contributed by atoms with Crippen molar-refractivity contribution in [1.82, 2.24) is 9.97 Å². The Morgan fingerprint density at radius 1 is 1.26 bits per heavy atom. The molecule has 0 aliphatic heterocycles. The molecule has 0 aliphatic carbocycles. The lowest BCUT2D eigenvalue weighted by Crippen LogP contribution is -2.02. The van der Waals surface area contributed by atoms with E-state index in [1.807, 2.05) is 0 Å². The molecule has 2 heterocycles. The largest absolute Gasteiger partial charge is 0.345 e. The number of nitrogens with zero attached hydrogens (tertiary/aromatic N) is 2. The number of sulfone groups is 1. The molecule has 0 atom stereocenters. The molecule has 0 radical (unpaired) electrons. The smallest absolute Gasteiger partial charge is 0.270 e. The molecule has 7 nitrogen and oxygen atoms in total. The Labute approximate surface area is 137 Å². The topological polar surface area (TPSA) is 106 Å². The maximum Gasteiger partial charge on any atom is 0.270 e. The van der Waals surface area contributed by atoms with Gasteiger partial charge in [-0.25, -0.2) is 13.4 Å². The number of pyridine rings is 1. The van der Waals surface area contributed by atoms with Crippen molar-refractivity contribution in [3.8, 4) is 0 Å². The van der Waals surface area contributed by atoms with Gasteiger partial charge in [-0.3, -0.25) is 10.1 Å². The molecule has 120 valence electrons. The highest BCUT2D eigenvalue weighted by Gasteiger charge is 2.24. The van der Waals surface area contributed by atoms with E-state index in [-0.39, 0.29) is 22.9 Å². The van der Waals surface area contributed by atoms with Gasteiger partial charge in [-0.2, -0.15) is 0 Å². The summed E-state index contributed by atoms with van der Waals surface area (Å²) in [7, 11) is -3.93. The summed E-state index contributed by atoms with van der Waals surface area (Å²) in [5, 5.41) is 11.4. The number of fused-ring (bicyclic) bond motifs is 1. The SMILES string of the molecule is C.O=[N+]([O-])c1cccc(S(=O)(=O)c2c[nH]c3ncc(Cl)cc23)c1. The fraction of sp³-hybridized carbons (Fsp3) is 0.0714. The van der Waals surface area contributed by atoms with E-state index in [2.05, 4.69) is 9.97 Å². The zero-order chi connectivity index (χ0) is 15.9. The van der Waals surface area contributed by atoms with E-state index < -0.39 is 14.8 Å². The predicted octanol–water partition coefficient (Wildman–Crippen LogP) is 3.59. The molecule has 2 aromatic heterocycles. The van der Waals surface area contributed by atoms with Gasteiger partial charge < -0.3 is 4.98 Å². The van der Waals surface area contributed by atoms with Gasteiger partial charge in [0.2, 0.25) is 9.84 Å². The van der Waals surface area contributed by atoms with Gasteiger partial charge in [0.25, 0.3) is 5.69 Å². The van der Waals surface area contributed by atoms with Crippen molar-refractivity contribution in [2.45, 2.75) is 17.2 Å². The van der Waals surface area contributed by atoms with Crippen LogP contribution in [0.4, 0.5) is 5.69 Å². The van der Waals surface area contributed by atoms with E-state index >= 15 is 0 Å². The van der Waals surface area contributed by atoms with Crippen LogP contribution in [0, 0.1) is 10.1 Å². The number of benzene rings is 1. The summed E-state index contributed by atoms with van der Waals surface area (Å²) >= 11 is 5.85. The van der Waals surface area contributed by atoms with E-state index in [9.17, 15) is 18.5 Å². The van der Waals surface area contributed by atoms with E-state index in [0.717, 1.165) is 6.07 Å². The minimum atomic E-state index is -3.93. The summed E-state index contributed by atoms with van der Waals surface area (Å²) in [6.45, 7) is 0. The van der Waals surface area contributed by atoms with Crippen LogP contribution in [0.5, 0.6) is 0 Å². The Morgan fingerprint density at radius 2 is 2.00 bits per heavy atom. The van der Waals surface area contributed by atoms with E-state index in [1.165, 1.54) is 36.7 Å². The second kappa shape index (κ2) is 5.98. The van der Waals surface area contributed by atoms with Gasteiger partial charge in [0, 0.05) is 29.9 Å². The van der Waals surface area contributed by atoms with Crippen molar-refractivity contribution in [1.29, 1.82) is 0 Å². The molecule has 1 N–H and O–H groups in total. The Balaban J connectivity index is 0.00000192. The summed E-state index contributed by atoms with van der Waals surface area (Å²) in [5.74, 6) is 0. The first-order valence-electron chi connectivity index (χ1n) is 6.02. The lowest BCUT2D eigenvalue weighted by Gasteiger charge is -2.03. The first kappa shape index (κ1) is 16.9. The fourth-order valence-electron chi connectivity index (χ4n) is 2.07. The van der Waals surface area contributed by atoms with Crippen LogP contribution in [-0.2, 0) is 9.84 Å². The van der Waals surface area contributed by atoms with Crippen LogP contribution < -0.4 is 0 Å². The molecule has 23 heavy (non-hydrogen) atoms. The first-order valence-corrected chi connectivity index (χ1v) is 7.88. The zero-order valence-electron chi connectivity index (χ0n) is 10.9. The maximum absolute atomic E-state index is 12.7. The van der Waals surface area contributed by atoms with E-state index in [4.69, 9.17) is 11.6 Å². The van der Waals surface area contributed by atoms with Crippen LogP contribution in [0.3, 0.4) is 0 Å². The number of hydrogen-bond acceptors (Lipinski definition) is 5. The summed E-state index contributed by atoms with van der Waals surface area (Å²) in [5.41, 5.74) is 0.0745. The van der Waals surface area contributed by atoms with Gasteiger partial charge in [0.15, 0.2) is 0 Å². The summed E-state index contributed by atoms with van der Waals surface area (Å²) in [6, 6.07) is 6.35. The fourth-order valence-corrected chi connectivity index (χ4v) is 3.67. The van der Waals surface area contributed by atoms with Gasteiger partial charge in [0.05, 0.1) is 19.7 Å². The molecule has 3 aromatic rings. The number of H-pyrrole nitrogens is 1. The molecule has 9 heteroatoms. The summed E-state index contributed by atoms with van der Waals surface area (Å²) < 4.78 is 25.4. The number of nitro groups is 1. The molecule has 0 aliphatic rings. The minimum Gasteiger partial charge on any atom is -0.345 e. The number of aromatic nitrogens is 2. The number of nitro benzene ring substituents is 1. The summed E-state index contributed by atoms with van der Waals surface area (Å²) in [4.78, 5) is 16.7. The molecule has 0 bridgehead atoms. The van der Waals surface area contributed by atoms with Crippen molar-refractivity contribution in [2.75, 3.05) is 0 Å². The third kappa shape index (κ3) is 2.90. The standard InChI is InChI=1S/C13H8ClN3O4S.CH4/c14-8-4-11-12(7-16-13(11)15-6-8)22(20,21)10-3-1-2-9(5-10)17(18)19;/h1-7H,(H,15,16);1H4. The van der Waals surface area contributed by atoms with E-state index in [0.29, 0.717) is 16.1 Å². The van der Waals surface area contributed by atoms with Gasteiger partial charge in [-0.1, -0.05) is 25.1 Å². The molecule has 0 unspecified atom stereocenters. The highest BCUT2D eigenvalue weighted by atomic mass is 35.5. The maximum atomic E-state index is 12.7. The highest BCUT2D eigenvalue weighted by molar-refractivity contribution is 7.91. The van der Waals surface area contributed by atoms with Crippen molar-refractivity contribution >= 4 is 38.2 Å². The summed E-state index contributed by atoms with van der Waals surface area (Å²) in [6.07, 6.45) is 2.69. The zero-order valence-corrected chi connectivity index (χ0v) is 12.4. The quantitative estimate of drug-likeness (QED) is 0.572.